The number of hydrogen-bond acceptors (Lipinski definition) is 2. The van der Waals surface area contributed by atoms with Crippen molar-refractivity contribution in [3.63, 3.8) is 0 Å². The Morgan fingerprint density at radius 1 is 0.947 bits per heavy atom. The molecule has 0 amide bonds. The molecule has 4 unspecified atom stereocenters. The quantitative estimate of drug-likeness (QED) is 0.818. The molecular weight excluding hydrogens is 234 g/mol. The van der Waals surface area contributed by atoms with Gasteiger partial charge in [0.1, 0.15) is 0 Å². The zero-order chi connectivity index (χ0) is 13.3. The van der Waals surface area contributed by atoms with E-state index in [4.69, 9.17) is 10.5 Å². The topological polar surface area (TPSA) is 35.2 Å². The molecule has 2 heteroatoms. The number of nitrogens with two attached hydrogens (primary N) is 1. The van der Waals surface area contributed by atoms with Gasteiger partial charge >= 0.3 is 0 Å². The summed E-state index contributed by atoms with van der Waals surface area (Å²) in [6.45, 7) is 2.38. The van der Waals surface area contributed by atoms with Gasteiger partial charge in [0.15, 0.2) is 0 Å². The van der Waals surface area contributed by atoms with Crippen molar-refractivity contribution in [2.75, 3.05) is 0 Å². The van der Waals surface area contributed by atoms with E-state index >= 15 is 0 Å². The van der Waals surface area contributed by atoms with Gasteiger partial charge in [-0.3, -0.25) is 0 Å². The predicted octanol–water partition coefficient (Wildman–Crippen LogP) is 4.02. The first-order valence-corrected chi connectivity index (χ1v) is 8.62. The SMILES string of the molecule is CC1CCCC(OC2CC(N)C23CCCCCC3)C1. The summed E-state index contributed by atoms with van der Waals surface area (Å²) in [6.07, 6.45) is 15.6. The smallest absolute Gasteiger partial charge is 0.0664 e. The molecule has 19 heavy (non-hydrogen) atoms. The van der Waals surface area contributed by atoms with Crippen LogP contribution in [0.1, 0.15) is 77.6 Å². The van der Waals surface area contributed by atoms with E-state index in [9.17, 15) is 0 Å². The maximum absolute atomic E-state index is 6.54. The highest BCUT2D eigenvalue weighted by Crippen LogP contribution is 2.52. The Bertz CT molecular complexity index is 296. The molecule has 0 saturated heterocycles. The lowest BCUT2D eigenvalue weighted by Gasteiger charge is -2.55. The maximum Gasteiger partial charge on any atom is 0.0664 e. The summed E-state index contributed by atoms with van der Waals surface area (Å²) in [5.41, 5.74) is 6.76. The van der Waals surface area contributed by atoms with Crippen LogP contribution in [-0.2, 0) is 4.74 Å². The summed E-state index contributed by atoms with van der Waals surface area (Å²) in [7, 11) is 0. The van der Waals surface area contributed by atoms with Gasteiger partial charge < -0.3 is 10.5 Å². The van der Waals surface area contributed by atoms with Gasteiger partial charge in [-0.2, -0.15) is 0 Å². The highest BCUT2D eigenvalue weighted by atomic mass is 16.5. The zero-order valence-electron chi connectivity index (χ0n) is 12.6. The Kier molecular flexibility index (Phi) is 4.19. The Balaban J connectivity index is 1.60. The fourth-order valence-corrected chi connectivity index (χ4v) is 4.78. The Morgan fingerprint density at radius 3 is 2.32 bits per heavy atom. The van der Waals surface area contributed by atoms with E-state index in [1.807, 2.05) is 0 Å². The molecule has 3 fully saturated rings. The number of hydrogen-bond donors (Lipinski definition) is 1. The lowest BCUT2D eigenvalue weighted by atomic mass is 9.58. The molecule has 110 valence electrons. The lowest BCUT2D eigenvalue weighted by Crippen LogP contribution is -2.62. The van der Waals surface area contributed by atoms with E-state index < -0.39 is 0 Å². The van der Waals surface area contributed by atoms with Gasteiger partial charge in [0.05, 0.1) is 12.2 Å². The molecule has 3 aliphatic carbocycles. The van der Waals surface area contributed by atoms with Crippen LogP contribution in [0.25, 0.3) is 0 Å². The predicted molar refractivity (Wildman–Crippen MR) is 79.0 cm³/mol. The Labute approximate surface area is 118 Å². The van der Waals surface area contributed by atoms with E-state index in [-0.39, 0.29) is 0 Å². The molecule has 3 saturated carbocycles. The van der Waals surface area contributed by atoms with Crippen molar-refractivity contribution in [2.24, 2.45) is 17.1 Å². The summed E-state index contributed by atoms with van der Waals surface area (Å²) in [5.74, 6) is 0.859. The van der Waals surface area contributed by atoms with Crippen LogP contribution in [0.5, 0.6) is 0 Å². The van der Waals surface area contributed by atoms with E-state index in [1.165, 1.54) is 64.2 Å². The summed E-state index contributed by atoms with van der Waals surface area (Å²) >= 11 is 0. The molecule has 3 aliphatic rings. The van der Waals surface area contributed by atoms with Crippen LogP contribution < -0.4 is 5.73 Å². The minimum absolute atomic E-state index is 0.358. The molecule has 0 aliphatic heterocycles. The molecule has 0 aromatic heterocycles. The maximum atomic E-state index is 6.54. The van der Waals surface area contributed by atoms with Crippen LogP contribution >= 0.6 is 0 Å². The zero-order valence-corrected chi connectivity index (χ0v) is 12.6. The molecule has 2 nitrogen and oxygen atoms in total. The molecule has 4 atom stereocenters. The van der Waals surface area contributed by atoms with E-state index in [0.717, 1.165) is 12.3 Å². The molecule has 0 radical (unpaired) electrons. The highest BCUT2D eigenvalue weighted by molar-refractivity contribution is 5.07. The minimum Gasteiger partial charge on any atom is -0.374 e. The molecule has 0 aromatic carbocycles. The fourth-order valence-electron chi connectivity index (χ4n) is 4.78. The van der Waals surface area contributed by atoms with Crippen molar-refractivity contribution in [2.45, 2.75) is 95.8 Å². The van der Waals surface area contributed by atoms with Gasteiger partial charge in [-0.25, -0.2) is 0 Å². The van der Waals surface area contributed by atoms with Crippen molar-refractivity contribution in [1.82, 2.24) is 0 Å². The highest BCUT2D eigenvalue weighted by Gasteiger charge is 2.54. The molecule has 0 heterocycles. The molecule has 0 aromatic rings. The molecule has 0 bridgehead atoms. The van der Waals surface area contributed by atoms with Gasteiger partial charge in [-0.15, -0.1) is 0 Å². The third-order valence-corrected chi connectivity index (χ3v) is 6.13. The number of ether oxygens (including phenoxy) is 1. The summed E-state index contributed by atoms with van der Waals surface area (Å²) in [4.78, 5) is 0. The summed E-state index contributed by atoms with van der Waals surface area (Å²) in [5, 5.41) is 0. The number of rotatable bonds is 2. The lowest BCUT2D eigenvalue weighted by molar-refractivity contribution is -0.170. The normalized spacial score (nSPS) is 42.6. The third-order valence-electron chi connectivity index (χ3n) is 6.13. The van der Waals surface area contributed by atoms with Crippen molar-refractivity contribution < 1.29 is 4.74 Å². The van der Waals surface area contributed by atoms with Crippen molar-refractivity contribution in [1.29, 1.82) is 0 Å². The second-order valence-corrected chi connectivity index (χ2v) is 7.51. The third kappa shape index (κ3) is 2.71. The molecular formula is C17H31NO. The van der Waals surface area contributed by atoms with E-state index in [2.05, 4.69) is 6.92 Å². The largest absolute Gasteiger partial charge is 0.374 e. The standard InChI is InChI=1S/C17H31NO/c1-13-7-6-8-14(11-13)19-16-12-15(18)17(16)9-4-2-3-5-10-17/h13-16H,2-12,18H2,1H3. The average Bonchev–Trinajstić information content (AvgIpc) is 2.66. The van der Waals surface area contributed by atoms with Crippen molar-refractivity contribution >= 4 is 0 Å². The van der Waals surface area contributed by atoms with Crippen molar-refractivity contribution in [3.8, 4) is 0 Å². The summed E-state index contributed by atoms with van der Waals surface area (Å²) < 4.78 is 6.54. The Morgan fingerprint density at radius 2 is 1.68 bits per heavy atom. The van der Waals surface area contributed by atoms with Crippen LogP contribution in [0.2, 0.25) is 0 Å². The first-order valence-electron chi connectivity index (χ1n) is 8.62. The van der Waals surface area contributed by atoms with Crippen LogP contribution in [0, 0.1) is 11.3 Å². The van der Waals surface area contributed by atoms with Crippen LogP contribution in [0.4, 0.5) is 0 Å². The van der Waals surface area contributed by atoms with Gasteiger partial charge in [-0.05, 0) is 38.0 Å². The first-order chi connectivity index (χ1) is 9.21. The average molecular weight is 265 g/mol. The molecule has 1 spiro atoms. The monoisotopic (exact) mass is 265 g/mol. The minimum atomic E-state index is 0.358. The van der Waals surface area contributed by atoms with E-state index in [1.54, 1.807) is 0 Å². The van der Waals surface area contributed by atoms with E-state index in [0.29, 0.717) is 23.7 Å². The molecule has 3 rings (SSSR count). The van der Waals surface area contributed by atoms with Crippen LogP contribution in [0.15, 0.2) is 0 Å². The summed E-state index contributed by atoms with van der Waals surface area (Å²) in [6, 6.07) is 0.414. The van der Waals surface area contributed by atoms with Gasteiger partial charge in [-0.1, -0.05) is 45.4 Å². The first kappa shape index (κ1) is 13.9. The molecule has 2 N–H and O–H groups in total. The Hall–Kier alpha value is -0.0800. The van der Waals surface area contributed by atoms with Crippen molar-refractivity contribution in [3.05, 3.63) is 0 Å². The second kappa shape index (κ2) is 5.73. The van der Waals surface area contributed by atoms with Gasteiger partial charge in [0.25, 0.3) is 0 Å². The van der Waals surface area contributed by atoms with Gasteiger partial charge in [0, 0.05) is 11.5 Å². The second-order valence-electron chi connectivity index (χ2n) is 7.51. The van der Waals surface area contributed by atoms with Gasteiger partial charge in [0.2, 0.25) is 0 Å². The van der Waals surface area contributed by atoms with Crippen LogP contribution in [0.3, 0.4) is 0 Å². The fraction of sp³-hybridized carbons (Fsp3) is 1.00. The van der Waals surface area contributed by atoms with Crippen LogP contribution in [-0.4, -0.2) is 18.2 Å².